The first-order chi connectivity index (χ1) is 12.5. The van der Waals surface area contributed by atoms with E-state index in [4.69, 9.17) is 14.2 Å². The van der Waals surface area contributed by atoms with E-state index in [0.717, 1.165) is 18.2 Å². The highest BCUT2D eigenvalue weighted by Gasteiger charge is 2.19. The summed E-state index contributed by atoms with van der Waals surface area (Å²) >= 11 is 0. The van der Waals surface area contributed by atoms with Crippen LogP contribution in [0.25, 0.3) is 0 Å². The van der Waals surface area contributed by atoms with Crippen LogP contribution >= 0.6 is 0 Å². The Morgan fingerprint density at radius 1 is 0.846 bits per heavy atom. The minimum Gasteiger partial charge on any atom is -0.457 e. The predicted octanol–water partition coefficient (Wildman–Crippen LogP) is 4.26. The fraction of sp³-hybridized carbons (Fsp3) is 0. The molecule has 0 amide bonds. The van der Waals surface area contributed by atoms with E-state index in [1.165, 1.54) is 12.1 Å². The molecule has 0 aliphatic carbocycles. The van der Waals surface area contributed by atoms with Crippen molar-refractivity contribution >= 4 is 10.1 Å². The number of benzene rings is 3. The van der Waals surface area contributed by atoms with Gasteiger partial charge in [0, 0.05) is 0 Å². The van der Waals surface area contributed by atoms with Crippen molar-refractivity contribution in [1.82, 2.24) is 0 Å². The minimum absolute atomic E-state index is 0.0632. The molecule has 0 N–H and O–H groups in total. The maximum Gasteiger partial charge on any atom is 0.339 e. The van der Waals surface area contributed by atoms with Crippen molar-refractivity contribution in [1.29, 1.82) is 5.26 Å². The van der Waals surface area contributed by atoms with Gasteiger partial charge < -0.3 is 8.92 Å². The first-order valence-electron chi connectivity index (χ1n) is 7.45. The molecule has 0 saturated carbocycles. The maximum absolute atomic E-state index is 13.3. The monoisotopic (exact) mass is 369 g/mol. The summed E-state index contributed by atoms with van der Waals surface area (Å²) in [4.78, 5) is -0.305. The Balaban J connectivity index is 1.77. The fourth-order valence-electron chi connectivity index (χ4n) is 2.11. The molecule has 7 heteroatoms. The van der Waals surface area contributed by atoms with Crippen LogP contribution < -0.4 is 8.92 Å². The van der Waals surface area contributed by atoms with E-state index in [-0.39, 0.29) is 16.2 Å². The maximum atomic E-state index is 13.3. The molecule has 3 aromatic carbocycles. The highest BCUT2D eigenvalue weighted by Crippen LogP contribution is 2.26. The molecule has 26 heavy (non-hydrogen) atoms. The Morgan fingerprint density at radius 2 is 1.46 bits per heavy atom. The lowest BCUT2D eigenvalue weighted by Gasteiger charge is -2.09. The van der Waals surface area contributed by atoms with Gasteiger partial charge in [0.25, 0.3) is 0 Å². The van der Waals surface area contributed by atoms with E-state index in [1.807, 2.05) is 18.2 Å². The number of rotatable bonds is 5. The number of para-hydroxylation sites is 1. The van der Waals surface area contributed by atoms with E-state index in [0.29, 0.717) is 11.5 Å². The van der Waals surface area contributed by atoms with Crippen molar-refractivity contribution in [2.75, 3.05) is 0 Å². The van der Waals surface area contributed by atoms with E-state index in [9.17, 15) is 12.8 Å². The van der Waals surface area contributed by atoms with Crippen LogP contribution in [0.15, 0.2) is 77.7 Å². The average molecular weight is 369 g/mol. The van der Waals surface area contributed by atoms with E-state index >= 15 is 0 Å². The molecular weight excluding hydrogens is 357 g/mol. The number of hydrogen-bond donors (Lipinski definition) is 0. The molecule has 0 fully saturated rings. The first kappa shape index (κ1) is 17.5. The summed E-state index contributed by atoms with van der Waals surface area (Å²) in [5, 5.41) is 8.81. The van der Waals surface area contributed by atoms with Gasteiger partial charge in [-0.05, 0) is 54.6 Å². The molecule has 0 atom stereocenters. The second-order valence-corrected chi connectivity index (χ2v) is 6.72. The molecule has 130 valence electrons. The summed E-state index contributed by atoms with van der Waals surface area (Å²) in [6.45, 7) is 0. The molecule has 0 unspecified atom stereocenters. The van der Waals surface area contributed by atoms with Crippen LogP contribution in [0, 0.1) is 17.1 Å². The van der Waals surface area contributed by atoms with Crippen molar-refractivity contribution in [2.45, 2.75) is 4.90 Å². The Hall–Kier alpha value is -3.37. The van der Waals surface area contributed by atoms with Gasteiger partial charge in [0.1, 0.15) is 34.0 Å². The number of halogens is 1. The van der Waals surface area contributed by atoms with Gasteiger partial charge in [-0.25, -0.2) is 4.39 Å². The molecule has 0 radical (unpaired) electrons. The topological polar surface area (TPSA) is 76.4 Å². The van der Waals surface area contributed by atoms with Crippen LogP contribution in [-0.2, 0) is 10.1 Å². The summed E-state index contributed by atoms with van der Waals surface area (Å²) in [5.41, 5.74) is -0.374. The van der Waals surface area contributed by atoms with Crippen LogP contribution in [0.5, 0.6) is 17.2 Å². The quantitative estimate of drug-likeness (QED) is 0.628. The Labute approximate surface area is 150 Å². The summed E-state index contributed by atoms with van der Waals surface area (Å²) in [6.07, 6.45) is 0. The highest BCUT2D eigenvalue weighted by molar-refractivity contribution is 7.87. The van der Waals surface area contributed by atoms with Crippen LogP contribution in [0.4, 0.5) is 4.39 Å². The third-order valence-electron chi connectivity index (χ3n) is 3.36. The summed E-state index contributed by atoms with van der Waals surface area (Å²) in [7, 11) is -4.19. The standard InChI is InChI=1S/C19H12FNO4S/c20-19-11-10-18(12-14(19)13-21)26(22,23)25-17-8-6-16(7-9-17)24-15-4-2-1-3-5-15/h1-12H. The smallest absolute Gasteiger partial charge is 0.339 e. The fourth-order valence-corrected chi connectivity index (χ4v) is 3.07. The number of ether oxygens (including phenoxy) is 1. The molecule has 0 saturated heterocycles. The van der Waals surface area contributed by atoms with Gasteiger partial charge in [0.15, 0.2) is 0 Å². The van der Waals surface area contributed by atoms with Crippen LogP contribution in [0.1, 0.15) is 5.56 Å². The molecule has 0 spiro atoms. The molecule has 3 rings (SSSR count). The molecule has 0 aliphatic heterocycles. The number of nitrogens with zero attached hydrogens (tertiary/aromatic N) is 1. The van der Waals surface area contributed by atoms with Crippen molar-refractivity contribution in [3.8, 4) is 23.3 Å². The molecule has 0 aromatic heterocycles. The Bertz CT molecular complexity index is 1060. The van der Waals surface area contributed by atoms with E-state index in [2.05, 4.69) is 0 Å². The number of hydrogen-bond acceptors (Lipinski definition) is 5. The molecule has 5 nitrogen and oxygen atoms in total. The largest absolute Gasteiger partial charge is 0.457 e. The summed E-state index contributed by atoms with van der Waals surface area (Å²) in [6, 6.07) is 19.6. The molecule has 0 aliphatic rings. The van der Waals surface area contributed by atoms with Crippen LogP contribution in [0.2, 0.25) is 0 Å². The third-order valence-corrected chi connectivity index (χ3v) is 4.60. The summed E-state index contributed by atoms with van der Waals surface area (Å²) < 4.78 is 48.5. The van der Waals surface area contributed by atoms with Crippen molar-refractivity contribution in [2.24, 2.45) is 0 Å². The van der Waals surface area contributed by atoms with Crippen LogP contribution in [0.3, 0.4) is 0 Å². The zero-order valence-corrected chi connectivity index (χ0v) is 14.1. The van der Waals surface area contributed by atoms with Gasteiger partial charge in [-0.2, -0.15) is 13.7 Å². The Kier molecular flexibility index (Phi) is 4.87. The molecule has 0 bridgehead atoms. The predicted molar refractivity (Wildman–Crippen MR) is 91.9 cm³/mol. The SMILES string of the molecule is N#Cc1cc(S(=O)(=O)Oc2ccc(Oc3ccccc3)cc2)ccc1F. The lowest BCUT2D eigenvalue weighted by molar-refractivity contribution is 0.474. The third kappa shape index (κ3) is 3.99. The summed E-state index contributed by atoms with van der Waals surface area (Å²) in [5.74, 6) is 0.417. The normalized spacial score (nSPS) is 10.8. The van der Waals surface area contributed by atoms with Gasteiger partial charge >= 0.3 is 10.1 Å². The lowest BCUT2D eigenvalue weighted by Crippen LogP contribution is -2.10. The second-order valence-electron chi connectivity index (χ2n) is 5.18. The Morgan fingerprint density at radius 3 is 2.12 bits per heavy atom. The number of nitriles is 1. The molecule has 0 heterocycles. The zero-order chi connectivity index (χ0) is 18.6. The molecule has 3 aromatic rings. The minimum atomic E-state index is -4.19. The lowest BCUT2D eigenvalue weighted by atomic mass is 10.2. The molecular formula is C19H12FNO4S. The second kappa shape index (κ2) is 7.25. The van der Waals surface area contributed by atoms with Gasteiger partial charge in [-0.3, -0.25) is 0 Å². The first-order valence-corrected chi connectivity index (χ1v) is 8.86. The average Bonchev–Trinajstić information content (AvgIpc) is 2.64. The van der Waals surface area contributed by atoms with Crippen molar-refractivity contribution in [3.63, 3.8) is 0 Å². The van der Waals surface area contributed by atoms with Gasteiger partial charge in [-0.1, -0.05) is 18.2 Å². The van der Waals surface area contributed by atoms with E-state index in [1.54, 1.807) is 30.3 Å². The van der Waals surface area contributed by atoms with Gasteiger partial charge in [-0.15, -0.1) is 0 Å². The van der Waals surface area contributed by atoms with Crippen molar-refractivity contribution < 1.29 is 21.7 Å². The van der Waals surface area contributed by atoms with Crippen molar-refractivity contribution in [3.05, 3.63) is 84.2 Å². The van der Waals surface area contributed by atoms with Gasteiger partial charge in [0.2, 0.25) is 0 Å². The van der Waals surface area contributed by atoms with Crippen LogP contribution in [-0.4, -0.2) is 8.42 Å². The zero-order valence-electron chi connectivity index (χ0n) is 13.3. The van der Waals surface area contributed by atoms with Gasteiger partial charge in [0.05, 0.1) is 5.56 Å². The highest BCUT2D eigenvalue weighted by atomic mass is 32.2. The van der Waals surface area contributed by atoms with E-state index < -0.39 is 15.9 Å².